The van der Waals surface area contributed by atoms with E-state index in [2.05, 4.69) is 164 Å². The molecular weight excluding hydrogens is 685 g/mol. The van der Waals surface area contributed by atoms with E-state index in [0.29, 0.717) is 0 Å². The van der Waals surface area contributed by atoms with Gasteiger partial charge in [-0.05, 0) is 65.1 Å². The van der Waals surface area contributed by atoms with Gasteiger partial charge >= 0.3 is 0 Å². The van der Waals surface area contributed by atoms with Gasteiger partial charge in [0.05, 0.1) is 11.4 Å². The number of hydrogen-bond donors (Lipinski definition) is 0. The summed E-state index contributed by atoms with van der Waals surface area (Å²) in [5.41, 5.74) is 12.7. The number of para-hydroxylation sites is 2. The number of fused-ring (bicyclic) bond motifs is 6. The van der Waals surface area contributed by atoms with Crippen LogP contribution in [0.5, 0.6) is 0 Å². The van der Waals surface area contributed by atoms with Crippen molar-refractivity contribution >= 4 is 39.0 Å². The summed E-state index contributed by atoms with van der Waals surface area (Å²) in [6.45, 7) is 0. The topological polar surface area (TPSA) is 52.1 Å². The molecule has 0 radical (unpaired) electrons. The molecular formula is C52H36N2O2. The molecule has 9 aromatic rings. The van der Waals surface area contributed by atoms with Crippen molar-refractivity contribution in [2.24, 2.45) is 5.92 Å². The highest BCUT2D eigenvalue weighted by Gasteiger charge is 2.31. The zero-order valence-electron chi connectivity index (χ0n) is 30.5. The Balaban J connectivity index is 1.06. The fourth-order valence-electron chi connectivity index (χ4n) is 8.62. The van der Waals surface area contributed by atoms with Gasteiger partial charge in [0.25, 0.3) is 0 Å². The molecule has 3 atom stereocenters. The lowest BCUT2D eigenvalue weighted by atomic mass is 9.76. The molecule has 0 bridgehead atoms. The van der Waals surface area contributed by atoms with Gasteiger partial charge in [0.15, 0.2) is 0 Å². The fraction of sp³-hybridized carbons (Fsp3) is 0.0769. The van der Waals surface area contributed by atoms with Crippen molar-refractivity contribution < 1.29 is 8.83 Å². The number of furan rings is 2. The van der Waals surface area contributed by atoms with Crippen molar-refractivity contribution in [1.29, 1.82) is 0 Å². The number of benzene rings is 6. The molecule has 3 heterocycles. The van der Waals surface area contributed by atoms with Gasteiger partial charge in [-0.3, -0.25) is 0 Å². The van der Waals surface area contributed by atoms with Gasteiger partial charge in [0.2, 0.25) is 0 Å². The van der Waals surface area contributed by atoms with Gasteiger partial charge in [-0.25, -0.2) is 9.97 Å². The lowest BCUT2D eigenvalue weighted by Gasteiger charge is -2.29. The highest BCUT2D eigenvalue weighted by Crippen LogP contribution is 2.44. The summed E-state index contributed by atoms with van der Waals surface area (Å²) in [6, 6.07) is 55.1. The van der Waals surface area contributed by atoms with Crippen LogP contribution in [0.4, 0.5) is 0 Å². The Labute approximate surface area is 324 Å². The number of nitrogens with zero attached hydrogens (tertiary/aromatic N) is 2. The second-order valence-electron chi connectivity index (χ2n) is 14.8. The van der Waals surface area contributed by atoms with Gasteiger partial charge in [-0.2, -0.15) is 0 Å². The Kier molecular flexibility index (Phi) is 7.73. The van der Waals surface area contributed by atoms with E-state index in [9.17, 15) is 0 Å². The third-order valence-electron chi connectivity index (χ3n) is 11.5. The summed E-state index contributed by atoms with van der Waals surface area (Å²) in [7, 11) is 0. The van der Waals surface area contributed by atoms with Crippen LogP contribution in [-0.2, 0) is 6.42 Å². The zero-order chi connectivity index (χ0) is 37.0. The van der Waals surface area contributed by atoms with Crippen LogP contribution in [0, 0.1) is 5.92 Å². The average Bonchev–Trinajstić information content (AvgIpc) is 3.84. The van der Waals surface area contributed by atoms with Crippen molar-refractivity contribution in [3.8, 4) is 33.6 Å². The maximum absolute atomic E-state index is 6.25. The van der Waals surface area contributed by atoms with E-state index in [1.807, 2.05) is 24.3 Å². The number of aromatic nitrogens is 2. The predicted octanol–water partition coefficient (Wildman–Crippen LogP) is 13.4. The van der Waals surface area contributed by atoms with Crippen molar-refractivity contribution in [2.45, 2.75) is 18.3 Å². The van der Waals surface area contributed by atoms with Crippen LogP contribution in [0.3, 0.4) is 0 Å². The van der Waals surface area contributed by atoms with Crippen LogP contribution in [0.25, 0.3) is 72.6 Å². The maximum atomic E-state index is 6.25. The Bertz CT molecular complexity index is 3000. The normalized spacial score (nSPS) is 17.7. The molecule has 3 unspecified atom stereocenters. The Hall–Kier alpha value is -7.04. The van der Waals surface area contributed by atoms with Gasteiger partial charge in [0, 0.05) is 50.6 Å². The molecule has 0 spiro atoms. The van der Waals surface area contributed by atoms with E-state index in [-0.39, 0.29) is 17.8 Å². The van der Waals surface area contributed by atoms with Gasteiger partial charge in [-0.1, -0.05) is 152 Å². The maximum Gasteiger partial charge on any atom is 0.137 e. The van der Waals surface area contributed by atoms with Crippen LogP contribution in [0.2, 0.25) is 0 Å². The minimum Gasteiger partial charge on any atom is -0.456 e. The molecule has 11 rings (SSSR count). The van der Waals surface area contributed by atoms with E-state index in [1.54, 1.807) is 0 Å². The molecule has 3 aromatic heterocycles. The molecule has 4 heteroatoms. The van der Waals surface area contributed by atoms with E-state index in [0.717, 1.165) is 68.0 Å². The van der Waals surface area contributed by atoms with E-state index in [4.69, 9.17) is 18.8 Å². The molecule has 0 aliphatic heterocycles. The fourth-order valence-corrected chi connectivity index (χ4v) is 8.62. The zero-order valence-corrected chi connectivity index (χ0v) is 30.5. The highest BCUT2D eigenvalue weighted by molar-refractivity contribution is 6.05. The average molecular weight is 721 g/mol. The minimum atomic E-state index is -0.132. The monoisotopic (exact) mass is 720 g/mol. The number of rotatable bonds is 6. The first-order chi connectivity index (χ1) is 27.7. The molecule has 2 aliphatic carbocycles. The molecule has 266 valence electrons. The van der Waals surface area contributed by atoms with Crippen LogP contribution >= 0.6 is 0 Å². The SMILES string of the molecule is C1=CC(c2ccc3oc4ccccc4c3c2)C(c2nc(-c3ccccc3)cc(-c3ccc(-c4ccccc4)cc3)n2)C=C1C1C=Cc2oc3ccccc3c2C1. The summed E-state index contributed by atoms with van der Waals surface area (Å²) in [5, 5.41) is 3.43. The second-order valence-corrected chi connectivity index (χ2v) is 14.8. The molecule has 0 saturated heterocycles. The molecule has 6 aromatic carbocycles. The molecule has 56 heavy (non-hydrogen) atoms. The number of hydrogen-bond acceptors (Lipinski definition) is 4. The van der Waals surface area contributed by atoms with E-state index >= 15 is 0 Å². The van der Waals surface area contributed by atoms with Crippen LogP contribution < -0.4 is 0 Å². The van der Waals surface area contributed by atoms with Crippen molar-refractivity contribution in [1.82, 2.24) is 9.97 Å². The van der Waals surface area contributed by atoms with Crippen LogP contribution in [0.15, 0.2) is 196 Å². The van der Waals surface area contributed by atoms with Gasteiger partial charge < -0.3 is 8.83 Å². The summed E-state index contributed by atoms with van der Waals surface area (Å²) >= 11 is 0. The summed E-state index contributed by atoms with van der Waals surface area (Å²) in [4.78, 5) is 10.8. The highest BCUT2D eigenvalue weighted by atomic mass is 16.3. The molecule has 0 fully saturated rings. The molecule has 0 N–H and O–H groups in total. The van der Waals surface area contributed by atoms with Gasteiger partial charge in [-0.15, -0.1) is 0 Å². The largest absolute Gasteiger partial charge is 0.456 e. The second kappa shape index (κ2) is 13.4. The third kappa shape index (κ3) is 5.70. The summed E-state index contributed by atoms with van der Waals surface area (Å²) in [5.74, 6) is 1.80. The minimum absolute atomic E-state index is 0.00553. The van der Waals surface area contributed by atoms with E-state index in [1.165, 1.54) is 33.2 Å². The Morgan fingerprint density at radius 2 is 1.07 bits per heavy atom. The standard InChI is InChI=1S/C52H36N2O2/c1-3-11-33(12-4-1)34-19-21-36(22-20-34)47-32-46(35-13-5-2-6-14-35)53-52(54-47)45-30-37(38-24-27-50-43(29-38)41-15-7-9-17-48(41)55-50)23-26-40(45)39-25-28-51-44(31-39)42-16-8-10-18-49(42)56-51/h1-28,30-32,38,40,45H,29H2. The van der Waals surface area contributed by atoms with Crippen molar-refractivity contribution in [3.63, 3.8) is 0 Å². The lowest BCUT2D eigenvalue weighted by Crippen LogP contribution is -2.18. The molecule has 2 aliphatic rings. The van der Waals surface area contributed by atoms with Crippen LogP contribution in [0.1, 0.15) is 34.5 Å². The van der Waals surface area contributed by atoms with Gasteiger partial charge in [0.1, 0.15) is 28.3 Å². The summed E-state index contributed by atoms with van der Waals surface area (Å²) in [6.07, 6.45) is 12.4. The quantitative estimate of drug-likeness (QED) is 0.172. The molecule has 0 amide bonds. The summed E-state index contributed by atoms with van der Waals surface area (Å²) < 4.78 is 12.5. The van der Waals surface area contributed by atoms with Crippen LogP contribution in [-0.4, -0.2) is 9.97 Å². The van der Waals surface area contributed by atoms with Crippen molar-refractivity contribution in [2.75, 3.05) is 0 Å². The van der Waals surface area contributed by atoms with Crippen molar-refractivity contribution in [3.05, 3.63) is 210 Å². The Morgan fingerprint density at radius 1 is 0.464 bits per heavy atom. The first-order valence-corrected chi connectivity index (χ1v) is 19.3. The Morgan fingerprint density at radius 3 is 1.84 bits per heavy atom. The molecule has 4 nitrogen and oxygen atoms in total. The first-order valence-electron chi connectivity index (χ1n) is 19.3. The first kappa shape index (κ1) is 32.4. The lowest BCUT2D eigenvalue weighted by molar-refractivity contribution is 0.586. The molecule has 0 saturated carbocycles. The predicted molar refractivity (Wildman–Crippen MR) is 227 cm³/mol. The number of allylic oxidation sites excluding steroid dienone is 5. The smallest absolute Gasteiger partial charge is 0.137 e. The van der Waals surface area contributed by atoms with E-state index < -0.39 is 0 Å². The third-order valence-corrected chi connectivity index (χ3v) is 11.5.